The summed E-state index contributed by atoms with van der Waals surface area (Å²) < 4.78 is 34.9. The van der Waals surface area contributed by atoms with Crippen LogP contribution in [0, 0.1) is 0 Å². The van der Waals surface area contributed by atoms with Crippen molar-refractivity contribution in [2.45, 2.75) is 50.2 Å². The fourth-order valence-electron chi connectivity index (χ4n) is 2.48. The van der Waals surface area contributed by atoms with Gasteiger partial charge in [0.05, 0.1) is 29.0 Å². The molecule has 1 fully saturated rings. The monoisotopic (exact) mass is 371 g/mol. The number of phenols is 1. The zero-order valence-electron chi connectivity index (χ0n) is 14.5. The number of carbonyl (C=O) groups excluding carboxylic acids is 1. The van der Waals surface area contributed by atoms with E-state index >= 15 is 0 Å². The second-order valence-electron chi connectivity index (χ2n) is 6.04. The summed E-state index contributed by atoms with van der Waals surface area (Å²) in [4.78, 5) is 12.3. The quantitative estimate of drug-likeness (QED) is 0.712. The van der Waals surface area contributed by atoms with Gasteiger partial charge >= 0.3 is 0 Å². The summed E-state index contributed by atoms with van der Waals surface area (Å²) in [7, 11) is -3.43. The van der Waals surface area contributed by atoms with Gasteiger partial charge in [0.1, 0.15) is 11.9 Å². The van der Waals surface area contributed by atoms with Crippen molar-refractivity contribution in [1.29, 1.82) is 0 Å². The first-order chi connectivity index (χ1) is 11.8. The first-order valence-corrected chi connectivity index (χ1v) is 10.1. The van der Waals surface area contributed by atoms with Crippen LogP contribution in [0.1, 0.15) is 33.1 Å². The average molecular weight is 371 g/mol. The van der Waals surface area contributed by atoms with Gasteiger partial charge in [0.25, 0.3) is 5.91 Å². The number of rotatable bonds is 7. The molecule has 8 heteroatoms. The van der Waals surface area contributed by atoms with Crippen molar-refractivity contribution in [3.05, 3.63) is 18.2 Å². The van der Waals surface area contributed by atoms with Crippen LogP contribution in [0.4, 0.5) is 5.69 Å². The molecule has 1 aromatic rings. The van der Waals surface area contributed by atoms with Gasteiger partial charge in [-0.2, -0.15) is 0 Å². The third kappa shape index (κ3) is 5.42. The lowest BCUT2D eigenvalue weighted by Gasteiger charge is -2.24. The lowest BCUT2D eigenvalue weighted by molar-refractivity contribution is -0.130. The summed E-state index contributed by atoms with van der Waals surface area (Å²) >= 11 is 0. The van der Waals surface area contributed by atoms with Crippen LogP contribution in [0.2, 0.25) is 0 Å². The molecule has 2 N–H and O–H groups in total. The van der Waals surface area contributed by atoms with E-state index in [1.165, 1.54) is 25.1 Å². The Morgan fingerprint density at radius 2 is 2.20 bits per heavy atom. The third-order valence-electron chi connectivity index (χ3n) is 4.14. The number of hydrogen-bond acceptors (Lipinski definition) is 6. The van der Waals surface area contributed by atoms with Crippen molar-refractivity contribution in [3.8, 4) is 5.75 Å². The molecule has 2 rings (SSSR count). The number of carbonyl (C=O) groups is 1. The maximum absolute atomic E-state index is 12.2. The molecular weight excluding hydrogens is 346 g/mol. The van der Waals surface area contributed by atoms with Crippen LogP contribution in [0.15, 0.2) is 23.1 Å². The Labute approximate surface area is 148 Å². The van der Waals surface area contributed by atoms with Crippen molar-refractivity contribution >= 4 is 21.4 Å². The van der Waals surface area contributed by atoms with Gasteiger partial charge in [-0.1, -0.05) is 6.92 Å². The zero-order chi connectivity index (χ0) is 18.4. The van der Waals surface area contributed by atoms with Crippen molar-refractivity contribution in [1.82, 2.24) is 0 Å². The Balaban J connectivity index is 1.98. The lowest BCUT2D eigenvalue weighted by Crippen LogP contribution is -2.32. The number of hydrogen-bond donors (Lipinski definition) is 2. The summed E-state index contributed by atoms with van der Waals surface area (Å²) in [6.07, 6.45) is 2.28. The number of aromatic hydroxyl groups is 1. The molecule has 0 aromatic heterocycles. The minimum Gasteiger partial charge on any atom is -0.506 e. The van der Waals surface area contributed by atoms with Crippen LogP contribution in [0.25, 0.3) is 0 Å². The van der Waals surface area contributed by atoms with Gasteiger partial charge in [-0.3, -0.25) is 4.79 Å². The van der Waals surface area contributed by atoms with E-state index in [0.717, 1.165) is 19.3 Å². The molecule has 1 aromatic carbocycles. The van der Waals surface area contributed by atoms with E-state index in [9.17, 15) is 18.3 Å². The Kier molecular flexibility index (Phi) is 6.80. The summed E-state index contributed by atoms with van der Waals surface area (Å²) in [6.45, 7) is 4.16. The standard InChI is InChI=1S/C17H25NO6S/c1-3-25(21,22)14-7-8-16(19)15(10-14)18-17(20)12(2)24-11-13-6-4-5-9-23-13/h7-8,10,12-13,19H,3-6,9,11H2,1-2H3,(H,18,20)/t12-,13+/m1/s1. The van der Waals surface area contributed by atoms with Gasteiger partial charge in [0, 0.05) is 6.61 Å². The summed E-state index contributed by atoms with van der Waals surface area (Å²) in [6, 6.07) is 3.81. The fourth-order valence-corrected chi connectivity index (χ4v) is 3.38. The number of ether oxygens (including phenoxy) is 2. The molecule has 1 heterocycles. The van der Waals surface area contributed by atoms with Crippen molar-refractivity contribution in [2.75, 3.05) is 24.3 Å². The largest absolute Gasteiger partial charge is 0.506 e. The molecule has 25 heavy (non-hydrogen) atoms. The highest BCUT2D eigenvalue weighted by atomic mass is 32.2. The van der Waals surface area contributed by atoms with Gasteiger partial charge in [-0.05, 0) is 44.4 Å². The highest BCUT2D eigenvalue weighted by Gasteiger charge is 2.21. The maximum Gasteiger partial charge on any atom is 0.253 e. The molecule has 0 unspecified atom stereocenters. The molecule has 0 bridgehead atoms. The van der Waals surface area contributed by atoms with E-state index < -0.39 is 21.8 Å². The highest BCUT2D eigenvalue weighted by molar-refractivity contribution is 7.91. The van der Waals surface area contributed by atoms with Gasteiger partial charge in [-0.25, -0.2) is 8.42 Å². The summed E-state index contributed by atoms with van der Waals surface area (Å²) in [5.41, 5.74) is 0.0453. The zero-order valence-corrected chi connectivity index (χ0v) is 15.3. The Morgan fingerprint density at radius 3 is 2.84 bits per heavy atom. The minimum atomic E-state index is -3.43. The van der Waals surface area contributed by atoms with Crippen LogP contribution >= 0.6 is 0 Å². The van der Waals surface area contributed by atoms with E-state index in [2.05, 4.69) is 5.32 Å². The van der Waals surface area contributed by atoms with Gasteiger partial charge in [-0.15, -0.1) is 0 Å². The summed E-state index contributed by atoms with van der Waals surface area (Å²) in [5, 5.41) is 12.4. The van der Waals surface area contributed by atoms with E-state index in [1.54, 1.807) is 6.92 Å². The number of nitrogens with one attached hydrogen (secondary N) is 1. The van der Waals surface area contributed by atoms with Crippen LogP contribution in [-0.4, -0.2) is 50.6 Å². The molecule has 140 valence electrons. The highest BCUT2D eigenvalue weighted by Crippen LogP contribution is 2.27. The Hall–Kier alpha value is -1.64. The van der Waals surface area contributed by atoms with Crippen LogP contribution in [0.5, 0.6) is 5.75 Å². The lowest BCUT2D eigenvalue weighted by atomic mass is 10.1. The Bertz CT molecular complexity index is 697. The van der Waals surface area contributed by atoms with Gasteiger partial charge < -0.3 is 19.9 Å². The maximum atomic E-state index is 12.2. The second-order valence-corrected chi connectivity index (χ2v) is 8.31. The number of phenolic OH excluding ortho intramolecular Hbond substituents is 1. The van der Waals surface area contributed by atoms with E-state index in [-0.39, 0.29) is 28.2 Å². The van der Waals surface area contributed by atoms with E-state index in [4.69, 9.17) is 9.47 Å². The van der Waals surface area contributed by atoms with Crippen LogP contribution in [0.3, 0.4) is 0 Å². The molecule has 1 aliphatic heterocycles. The SMILES string of the molecule is CCS(=O)(=O)c1ccc(O)c(NC(=O)[C@@H](C)OC[C@@H]2CCCCO2)c1. The molecule has 0 spiro atoms. The van der Waals surface area contributed by atoms with Crippen LogP contribution in [-0.2, 0) is 24.1 Å². The van der Waals surface area contributed by atoms with Crippen LogP contribution < -0.4 is 5.32 Å². The normalized spacial score (nSPS) is 19.4. The first kappa shape index (κ1) is 19.7. The minimum absolute atomic E-state index is 0.00423. The predicted octanol–water partition coefficient (Wildman–Crippen LogP) is 2.10. The first-order valence-electron chi connectivity index (χ1n) is 8.43. The van der Waals surface area contributed by atoms with E-state index in [0.29, 0.717) is 13.2 Å². The van der Waals surface area contributed by atoms with E-state index in [1.807, 2.05) is 0 Å². The number of anilines is 1. The Morgan fingerprint density at radius 1 is 1.44 bits per heavy atom. The van der Waals surface area contributed by atoms with Crippen molar-refractivity contribution in [3.63, 3.8) is 0 Å². The van der Waals surface area contributed by atoms with Crippen molar-refractivity contribution < 1.29 is 27.8 Å². The molecule has 2 atom stereocenters. The topological polar surface area (TPSA) is 102 Å². The average Bonchev–Trinajstić information content (AvgIpc) is 2.62. The molecule has 0 aliphatic carbocycles. The molecule has 0 saturated carbocycles. The number of amides is 1. The number of sulfone groups is 1. The fraction of sp³-hybridized carbons (Fsp3) is 0.588. The molecule has 1 amide bonds. The predicted molar refractivity (Wildman–Crippen MR) is 93.5 cm³/mol. The third-order valence-corrected chi connectivity index (χ3v) is 5.87. The van der Waals surface area contributed by atoms with Crippen molar-refractivity contribution in [2.24, 2.45) is 0 Å². The smallest absolute Gasteiger partial charge is 0.253 e. The molecular formula is C17H25NO6S. The summed E-state index contributed by atoms with van der Waals surface area (Å²) in [5.74, 6) is -0.727. The molecule has 1 aliphatic rings. The van der Waals surface area contributed by atoms with Gasteiger partial charge in [0.2, 0.25) is 0 Å². The molecule has 7 nitrogen and oxygen atoms in total. The van der Waals surface area contributed by atoms with Gasteiger partial charge in [0.15, 0.2) is 9.84 Å². The second kappa shape index (κ2) is 8.64. The molecule has 0 radical (unpaired) electrons. The molecule has 1 saturated heterocycles. The number of benzene rings is 1.